The molecule has 1 aromatic carbocycles. The lowest BCUT2D eigenvalue weighted by molar-refractivity contribution is -0.143. The van der Waals surface area contributed by atoms with E-state index in [0.29, 0.717) is 12.0 Å². The number of amides is 3. The average molecular weight is 554 g/mol. The molecule has 0 bridgehead atoms. The van der Waals surface area contributed by atoms with Crippen LogP contribution in [0.4, 0.5) is 0 Å². The van der Waals surface area contributed by atoms with Crippen molar-refractivity contribution in [2.24, 2.45) is 22.2 Å². The molecule has 13 N–H and O–H groups in total. The summed E-state index contributed by atoms with van der Waals surface area (Å²) >= 11 is 0. The highest BCUT2D eigenvalue weighted by Gasteiger charge is 2.30. The van der Waals surface area contributed by atoms with Crippen LogP contribution >= 0.6 is 0 Å². The first-order valence-electron chi connectivity index (χ1n) is 11.9. The molecule has 3 amide bonds. The van der Waals surface area contributed by atoms with E-state index in [1.165, 1.54) is 24.3 Å². The number of carbonyl (C=O) groups excluding carboxylic acids is 3. The molecular weight excluding hydrogens is 518 g/mol. The number of aliphatic hydroxyl groups excluding tert-OH is 1. The molecule has 16 heteroatoms. The number of aliphatic carboxylic acids is 2. The molecule has 0 saturated heterocycles. The molecule has 0 spiro atoms. The predicted molar refractivity (Wildman–Crippen MR) is 137 cm³/mol. The Labute approximate surface area is 223 Å². The minimum absolute atomic E-state index is 0.0283. The Hall–Kier alpha value is -4.44. The number of carboxylic acids is 2. The number of carboxylic acid groups (broad SMARTS) is 2. The Morgan fingerprint density at radius 3 is 1.95 bits per heavy atom. The lowest BCUT2D eigenvalue weighted by Crippen LogP contribution is -2.58. The number of aromatic hydroxyl groups is 1. The van der Waals surface area contributed by atoms with Crippen LogP contribution < -0.4 is 33.2 Å². The number of nitrogens with one attached hydrogen (secondary N) is 3. The van der Waals surface area contributed by atoms with Crippen LogP contribution in [0.2, 0.25) is 0 Å². The third-order valence-corrected chi connectivity index (χ3v) is 5.39. The van der Waals surface area contributed by atoms with E-state index in [4.69, 9.17) is 22.3 Å². The zero-order valence-corrected chi connectivity index (χ0v) is 21.1. The highest BCUT2D eigenvalue weighted by atomic mass is 16.4. The summed E-state index contributed by atoms with van der Waals surface area (Å²) < 4.78 is 0. The number of rotatable bonds is 17. The molecule has 1 rings (SSSR count). The monoisotopic (exact) mass is 553 g/mol. The maximum atomic E-state index is 13.1. The van der Waals surface area contributed by atoms with Crippen molar-refractivity contribution < 1.29 is 44.4 Å². The van der Waals surface area contributed by atoms with Gasteiger partial charge in [-0.25, -0.2) is 4.79 Å². The van der Waals surface area contributed by atoms with Gasteiger partial charge in [-0.3, -0.25) is 24.2 Å². The first kappa shape index (κ1) is 32.6. The first-order valence-corrected chi connectivity index (χ1v) is 11.9. The molecule has 0 aliphatic rings. The normalized spacial score (nSPS) is 13.7. The summed E-state index contributed by atoms with van der Waals surface area (Å²) in [5.74, 6) is -5.57. The van der Waals surface area contributed by atoms with E-state index in [1.54, 1.807) is 0 Å². The number of aliphatic hydroxyl groups is 1. The van der Waals surface area contributed by atoms with Gasteiger partial charge in [-0.05, 0) is 37.0 Å². The van der Waals surface area contributed by atoms with E-state index in [0.717, 1.165) is 0 Å². The number of nitrogens with two attached hydrogens (primary N) is 3. The zero-order chi connectivity index (χ0) is 29.5. The molecule has 0 heterocycles. The predicted octanol–water partition coefficient (Wildman–Crippen LogP) is -3.29. The number of benzene rings is 1. The van der Waals surface area contributed by atoms with Gasteiger partial charge in [0.05, 0.1) is 12.6 Å². The third-order valence-electron chi connectivity index (χ3n) is 5.39. The lowest BCUT2D eigenvalue weighted by Gasteiger charge is -2.24. The molecule has 4 atom stereocenters. The van der Waals surface area contributed by atoms with Crippen LogP contribution in [0.5, 0.6) is 5.75 Å². The fourth-order valence-electron chi connectivity index (χ4n) is 3.27. The second-order valence-electron chi connectivity index (χ2n) is 8.56. The number of phenols is 1. The molecule has 4 unspecified atom stereocenters. The second-order valence-corrected chi connectivity index (χ2v) is 8.56. The number of carbonyl (C=O) groups is 5. The molecule has 0 radical (unpaired) electrons. The van der Waals surface area contributed by atoms with Gasteiger partial charge in [-0.2, -0.15) is 0 Å². The van der Waals surface area contributed by atoms with Crippen LogP contribution in [0.25, 0.3) is 0 Å². The van der Waals surface area contributed by atoms with Crippen molar-refractivity contribution in [3.05, 3.63) is 29.8 Å². The standard InChI is InChI=1S/C23H35N7O9/c24-14(2-1-9-27-23(25)26)19(35)29-16(10-12-3-5-13(32)6-4-12)20(36)30-17(11-31)21(37)28-15(22(38)39)7-8-18(33)34/h3-6,14-17,31-32H,1-2,7-11,24H2,(H,28,37)(H,29,35)(H,30,36)(H,33,34)(H,38,39)(H4,25,26,27). The maximum absolute atomic E-state index is 13.1. The van der Waals surface area contributed by atoms with E-state index < -0.39 is 73.3 Å². The molecule has 16 nitrogen and oxygen atoms in total. The smallest absolute Gasteiger partial charge is 0.326 e. The van der Waals surface area contributed by atoms with Crippen LogP contribution in [0, 0.1) is 0 Å². The Balaban J connectivity index is 2.97. The summed E-state index contributed by atoms with van der Waals surface area (Å²) in [6, 6.07) is 0.246. The van der Waals surface area contributed by atoms with Crippen molar-refractivity contribution in [3.63, 3.8) is 0 Å². The molecule has 0 fully saturated rings. The van der Waals surface area contributed by atoms with E-state index in [2.05, 4.69) is 20.9 Å². The number of hydrogen-bond donors (Lipinski definition) is 10. The van der Waals surface area contributed by atoms with Gasteiger partial charge >= 0.3 is 11.9 Å². The number of aliphatic imine (C=N–C) groups is 1. The summed E-state index contributed by atoms with van der Waals surface area (Å²) in [7, 11) is 0. The van der Waals surface area contributed by atoms with E-state index in [9.17, 15) is 39.3 Å². The van der Waals surface area contributed by atoms with E-state index in [1.807, 2.05) is 0 Å². The van der Waals surface area contributed by atoms with Crippen molar-refractivity contribution in [3.8, 4) is 5.75 Å². The average Bonchev–Trinajstić information content (AvgIpc) is 2.87. The zero-order valence-electron chi connectivity index (χ0n) is 21.1. The van der Waals surface area contributed by atoms with Crippen molar-refractivity contribution in [2.75, 3.05) is 13.2 Å². The minimum atomic E-state index is -1.61. The maximum Gasteiger partial charge on any atom is 0.326 e. The molecule has 216 valence electrons. The summed E-state index contributed by atoms with van der Waals surface area (Å²) in [5.41, 5.74) is 16.9. The molecule has 0 aliphatic heterocycles. The van der Waals surface area contributed by atoms with Gasteiger partial charge in [0.2, 0.25) is 17.7 Å². The van der Waals surface area contributed by atoms with Crippen molar-refractivity contribution in [1.29, 1.82) is 0 Å². The van der Waals surface area contributed by atoms with Crippen molar-refractivity contribution in [1.82, 2.24) is 16.0 Å². The number of hydrogen-bond acceptors (Lipinski definition) is 9. The molecule has 0 aromatic heterocycles. The Morgan fingerprint density at radius 1 is 0.846 bits per heavy atom. The van der Waals surface area contributed by atoms with Crippen LogP contribution in [0.15, 0.2) is 29.3 Å². The third kappa shape index (κ3) is 12.6. The fourth-order valence-corrected chi connectivity index (χ4v) is 3.27. The highest BCUT2D eigenvalue weighted by molar-refractivity contribution is 5.94. The van der Waals surface area contributed by atoms with Gasteiger partial charge in [0.15, 0.2) is 5.96 Å². The Kier molecular flexibility index (Phi) is 13.7. The molecule has 39 heavy (non-hydrogen) atoms. The molecule has 0 aliphatic carbocycles. The summed E-state index contributed by atoms with van der Waals surface area (Å²) in [6.07, 6.45) is -0.496. The number of nitrogens with zero attached hydrogens (tertiary/aromatic N) is 1. The van der Waals surface area contributed by atoms with Crippen molar-refractivity contribution >= 4 is 35.6 Å². The molecule has 0 saturated carbocycles. The first-order chi connectivity index (χ1) is 18.3. The van der Waals surface area contributed by atoms with E-state index in [-0.39, 0.29) is 31.1 Å². The van der Waals surface area contributed by atoms with Crippen LogP contribution in [-0.2, 0) is 30.4 Å². The number of guanidine groups is 1. The summed E-state index contributed by atoms with van der Waals surface area (Å²) in [4.78, 5) is 64.2. The SMILES string of the molecule is NC(N)=NCCCC(N)C(=O)NC(Cc1ccc(O)cc1)C(=O)NC(CO)C(=O)NC(CCC(=O)O)C(=O)O. The quantitative estimate of drug-likeness (QED) is 0.0516. The van der Waals surface area contributed by atoms with Gasteiger partial charge in [-0.1, -0.05) is 12.1 Å². The largest absolute Gasteiger partial charge is 0.508 e. The van der Waals surface area contributed by atoms with Gasteiger partial charge in [0.25, 0.3) is 0 Å². The van der Waals surface area contributed by atoms with Crippen LogP contribution in [-0.4, -0.2) is 93.4 Å². The molecule has 1 aromatic rings. The molecular formula is C23H35N7O9. The Morgan fingerprint density at radius 2 is 1.41 bits per heavy atom. The van der Waals surface area contributed by atoms with Crippen molar-refractivity contribution in [2.45, 2.75) is 56.3 Å². The van der Waals surface area contributed by atoms with E-state index >= 15 is 0 Å². The van der Waals surface area contributed by atoms with Crippen LogP contribution in [0.1, 0.15) is 31.2 Å². The summed E-state index contributed by atoms with van der Waals surface area (Å²) in [6.45, 7) is -0.690. The van der Waals surface area contributed by atoms with Gasteiger partial charge in [0, 0.05) is 19.4 Å². The Bertz CT molecular complexity index is 1030. The fraction of sp³-hybridized carbons (Fsp3) is 0.478. The van der Waals surface area contributed by atoms with Gasteiger partial charge < -0.3 is 53.6 Å². The topological polar surface area (TPSA) is 293 Å². The second kappa shape index (κ2) is 16.4. The van der Waals surface area contributed by atoms with Gasteiger partial charge in [0.1, 0.15) is 23.9 Å². The lowest BCUT2D eigenvalue weighted by atomic mass is 10.0. The number of phenolic OH excluding ortho intramolecular Hbond substituents is 1. The summed E-state index contributed by atoms with van der Waals surface area (Å²) in [5, 5.41) is 44.0. The van der Waals surface area contributed by atoms with Gasteiger partial charge in [-0.15, -0.1) is 0 Å². The highest BCUT2D eigenvalue weighted by Crippen LogP contribution is 2.12. The van der Waals surface area contributed by atoms with Crippen LogP contribution in [0.3, 0.4) is 0 Å². The minimum Gasteiger partial charge on any atom is -0.508 e.